The van der Waals surface area contributed by atoms with Crippen LogP contribution in [0.25, 0.3) is 0 Å². The second kappa shape index (κ2) is 8.98. The van der Waals surface area contributed by atoms with Gasteiger partial charge in [0.15, 0.2) is 0 Å². The Morgan fingerprint density at radius 2 is 2.04 bits per heavy atom. The summed E-state index contributed by atoms with van der Waals surface area (Å²) in [4.78, 5) is 32.1. The molecule has 25 heavy (non-hydrogen) atoms. The lowest BCUT2D eigenvalue weighted by Crippen LogP contribution is -2.15. The lowest BCUT2D eigenvalue weighted by Gasteiger charge is -2.09. The number of nitrogens with zero attached hydrogens (tertiary/aromatic N) is 2. The molecule has 0 aliphatic rings. The quantitative estimate of drug-likeness (QED) is 0.579. The van der Waals surface area contributed by atoms with Gasteiger partial charge in [-0.1, -0.05) is 24.9 Å². The van der Waals surface area contributed by atoms with E-state index in [2.05, 4.69) is 32.3 Å². The smallest absolute Gasteiger partial charge is 0.337 e. The van der Waals surface area contributed by atoms with E-state index in [1.54, 1.807) is 0 Å². The Hall–Kier alpha value is -2.67. The summed E-state index contributed by atoms with van der Waals surface area (Å²) in [7, 11) is 1.28. The summed E-state index contributed by atoms with van der Waals surface area (Å²) in [5.41, 5.74) is 0.714. The minimum absolute atomic E-state index is 0.139. The maximum absolute atomic E-state index is 12.3. The molecule has 0 spiro atoms. The number of aromatic nitrogens is 2. The summed E-state index contributed by atoms with van der Waals surface area (Å²) in [5.74, 6) is -0.387. The van der Waals surface area contributed by atoms with E-state index in [9.17, 15) is 9.59 Å². The third-order valence-electron chi connectivity index (χ3n) is 3.36. The predicted octanol–water partition coefficient (Wildman–Crippen LogP) is 3.38. The van der Waals surface area contributed by atoms with Gasteiger partial charge in [0.1, 0.15) is 11.5 Å². The van der Waals surface area contributed by atoms with E-state index in [1.807, 2.05) is 0 Å². The fraction of sp³-hybridized carbons (Fsp3) is 0.294. The first-order valence-electron chi connectivity index (χ1n) is 7.80. The van der Waals surface area contributed by atoms with Crippen molar-refractivity contribution in [3.05, 3.63) is 46.9 Å². The molecule has 0 aliphatic carbocycles. The summed E-state index contributed by atoms with van der Waals surface area (Å²) in [5, 5.41) is 6.03. The number of methoxy groups -OCH3 is 1. The normalized spacial score (nSPS) is 10.2. The van der Waals surface area contributed by atoms with E-state index in [4.69, 9.17) is 11.6 Å². The Balaban J connectivity index is 2.07. The average molecular weight is 363 g/mol. The maximum atomic E-state index is 12.3. The molecule has 1 heterocycles. The highest BCUT2D eigenvalue weighted by Gasteiger charge is 2.13. The molecule has 0 saturated heterocycles. The molecule has 0 fully saturated rings. The Labute approximate surface area is 150 Å². The van der Waals surface area contributed by atoms with Crippen molar-refractivity contribution in [2.75, 3.05) is 24.3 Å². The molecule has 1 amide bonds. The van der Waals surface area contributed by atoms with E-state index in [1.165, 1.54) is 37.7 Å². The van der Waals surface area contributed by atoms with Crippen LogP contribution in [0.1, 0.15) is 40.6 Å². The number of rotatable bonds is 7. The summed E-state index contributed by atoms with van der Waals surface area (Å²) in [6, 6.07) is 4.47. The SMILES string of the molecule is CCCCNc1cnc(C(=O)Nc2cc(C(=O)OC)ccc2Cl)cn1. The molecule has 0 atom stereocenters. The summed E-state index contributed by atoms with van der Waals surface area (Å²) in [6.45, 7) is 2.90. The number of amides is 1. The molecule has 1 aromatic carbocycles. The zero-order valence-corrected chi connectivity index (χ0v) is 14.8. The van der Waals surface area contributed by atoms with Gasteiger partial charge < -0.3 is 15.4 Å². The predicted molar refractivity (Wildman–Crippen MR) is 96.2 cm³/mol. The standard InChI is InChI=1S/C17H19ClN4O3/c1-3-4-7-19-15-10-20-14(9-21-15)16(23)22-13-8-11(17(24)25-2)5-6-12(13)18/h5-6,8-10H,3-4,7H2,1-2H3,(H,19,21)(H,22,23). The molecule has 0 unspecified atom stereocenters. The van der Waals surface area contributed by atoms with Gasteiger partial charge in [-0.15, -0.1) is 0 Å². The van der Waals surface area contributed by atoms with E-state index in [0.717, 1.165) is 19.4 Å². The van der Waals surface area contributed by atoms with Gasteiger partial charge >= 0.3 is 5.97 Å². The minimum Gasteiger partial charge on any atom is -0.465 e. The van der Waals surface area contributed by atoms with Crippen molar-refractivity contribution in [2.24, 2.45) is 0 Å². The second-order valence-electron chi connectivity index (χ2n) is 5.21. The zero-order chi connectivity index (χ0) is 18.2. The average Bonchev–Trinajstić information content (AvgIpc) is 2.63. The Bertz CT molecular complexity index is 750. The van der Waals surface area contributed by atoms with E-state index >= 15 is 0 Å². The number of ether oxygens (including phenoxy) is 1. The highest BCUT2D eigenvalue weighted by molar-refractivity contribution is 6.34. The number of anilines is 2. The number of carbonyl (C=O) groups is 2. The Morgan fingerprint density at radius 3 is 2.68 bits per heavy atom. The topological polar surface area (TPSA) is 93.2 Å². The third-order valence-corrected chi connectivity index (χ3v) is 3.69. The largest absolute Gasteiger partial charge is 0.465 e. The number of hydrogen-bond acceptors (Lipinski definition) is 6. The van der Waals surface area contributed by atoms with E-state index in [-0.39, 0.29) is 11.3 Å². The van der Waals surface area contributed by atoms with Crippen LogP contribution >= 0.6 is 11.6 Å². The fourth-order valence-electron chi connectivity index (χ4n) is 1.98. The van der Waals surface area contributed by atoms with Crippen molar-refractivity contribution < 1.29 is 14.3 Å². The summed E-state index contributed by atoms with van der Waals surface area (Å²) >= 11 is 6.06. The van der Waals surface area contributed by atoms with Crippen LogP contribution in [0.3, 0.4) is 0 Å². The second-order valence-corrected chi connectivity index (χ2v) is 5.61. The molecular weight excluding hydrogens is 344 g/mol. The number of carbonyl (C=O) groups excluding carboxylic acids is 2. The molecule has 0 saturated carbocycles. The lowest BCUT2D eigenvalue weighted by molar-refractivity contribution is 0.0600. The third kappa shape index (κ3) is 5.15. The van der Waals surface area contributed by atoms with Crippen LogP contribution in [0.2, 0.25) is 5.02 Å². The Kier molecular flexibility index (Phi) is 6.71. The van der Waals surface area contributed by atoms with Gasteiger partial charge in [0.2, 0.25) is 0 Å². The molecule has 7 nitrogen and oxygen atoms in total. The first-order chi connectivity index (χ1) is 12.0. The molecule has 0 aliphatic heterocycles. The first-order valence-corrected chi connectivity index (χ1v) is 8.18. The van der Waals surface area contributed by atoms with E-state index < -0.39 is 11.9 Å². The monoisotopic (exact) mass is 362 g/mol. The molecule has 0 radical (unpaired) electrons. The molecule has 0 bridgehead atoms. The number of halogens is 1. The molecular formula is C17H19ClN4O3. The molecule has 2 aromatic rings. The van der Waals surface area contributed by atoms with Gasteiger partial charge in [-0.3, -0.25) is 4.79 Å². The van der Waals surface area contributed by atoms with Gasteiger partial charge in [0.05, 0.1) is 35.8 Å². The van der Waals surface area contributed by atoms with Crippen molar-refractivity contribution in [3.8, 4) is 0 Å². The highest BCUT2D eigenvalue weighted by Crippen LogP contribution is 2.24. The summed E-state index contributed by atoms with van der Waals surface area (Å²) in [6.07, 6.45) is 4.98. The fourth-order valence-corrected chi connectivity index (χ4v) is 2.15. The molecule has 1 aromatic heterocycles. The number of benzene rings is 1. The maximum Gasteiger partial charge on any atom is 0.337 e. The number of nitrogens with one attached hydrogen (secondary N) is 2. The van der Waals surface area contributed by atoms with Crippen LogP contribution in [-0.4, -0.2) is 35.5 Å². The van der Waals surface area contributed by atoms with Crippen molar-refractivity contribution in [1.29, 1.82) is 0 Å². The molecule has 2 N–H and O–H groups in total. The zero-order valence-electron chi connectivity index (χ0n) is 14.0. The van der Waals surface area contributed by atoms with Crippen LogP contribution < -0.4 is 10.6 Å². The van der Waals surface area contributed by atoms with Crippen molar-refractivity contribution in [1.82, 2.24) is 9.97 Å². The van der Waals surface area contributed by atoms with E-state index in [0.29, 0.717) is 16.5 Å². The van der Waals surface area contributed by atoms with Crippen LogP contribution in [0.5, 0.6) is 0 Å². The van der Waals surface area contributed by atoms with Gasteiger partial charge in [-0.05, 0) is 24.6 Å². The van der Waals surface area contributed by atoms with Gasteiger partial charge in [0.25, 0.3) is 5.91 Å². The minimum atomic E-state index is -0.519. The number of hydrogen-bond donors (Lipinski definition) is 2. The molecule has 8 heteroatoms. The van der Waals surface area contributed by atoms with Crippen LogP contribution in [0, 0.1) is 0 Å². The highest BCUT2D eigenvalue weighted by atomic mass is 35.5. The van der Waals surface area contributed by atoms with Crippen molar-refractivity contribution in [2.45, 2.75) is 19.8 Å². The van der Waals surface area contributed by atoms with Crippen molar-refractivity contribution in [3.63, 3.8) is 0 Å². The van der Waals surface area contributed by atoms with Crippen LogP contribution in [-0.2, 0) is 4.74 Å². The van der Waals surface area contributed by atoms with Gasteiger partial charge in [0, 0.05) is 6.54 Å². The summed E-state index contributed by atoms with van der Waals surface area (Å²) < 4.78 is 4.65. The van der Waals surface area contributed by atoms with Crippen LogP contribution in [0.15, 0.2) is 30.6 Å². The number of unbranched alkanes of at least 4 members (excludes halogenated alkanes) is 1. The van der Waals surface area contributed by atoms with Gasteiger partial charge in [-0.25, -0.2) is 14.8 Å². The first kappa shape index (κ1) is 18.7. The Morgan fingerprint density at radius 1 is 1.24 bits per heavy atom. The van der Waals surface area contributed by atoms with Crippen LogP contribution in [0.4, 0.5) is 11.5 Å². The molecule has 132 valence electrons. The van der Waals surface area contributed by atoms with Gasteiger partial charge in [-0.2, -0.15) is 0 Å². The lowest BCUT2D eigenvalue weighted by atomic mass is 10.2. The van der Waals surface area contributed by atoms with Crippen molar-refractivity contribution >= 4 is 35.0 Å². The molecule has 2 rings (SSSR count). The number of esters is 1.